The number of ether oxygens (including phenoxy) is 2. The highest BCUT2D eigenvalue weighted by Gasteiger charge is 2.26. The number of nitrogens with one attached hydrogen (secondary N) is 1. The van der Waals surface area contributed by atoms with Crippen LogP contribution in [0, 0.1) is 5.92 Å². The molecule has 1 aromatic heterocycles. The van der Waals surface area contributed by atoms with Crippen LogP contribution in [0.15, 0.2) is 60.7 Å². The first-order valence-corrected chi connectivity index (χ1v) is 10.3. The highest BCUT2D eigenvalue weighted by molar-refractivity contribution is 5.93. The Morgan fingerprint density at radius 1 is 0.935 bits per heavy atom. The Morgan fingerprint density at radius 3 is 2.32 bits per heavy atom. The molecule has 160 valence electrons. The van der Waals surface area contributed by atoms with E-state index in [2.05, 4.69) is 20.4 Å². The van der Waals surface area contributed by atoms with Crippen LogP contribution in [0.1, 0.15) is 12.8 Å². The van der Waals surface area contributed by atoms with E-state index in [0.717, 1.165) is 43.0 Å². The lowest BCUT2D eigenvalue weighted by Gasteiger charge is -2.31. The number of anilines is 2. The van der Waals surface area contributed by atoms with Gasteiger partial charge in [-0.3, -0.25) is 4.79 Å². The van der Waals surface area contributed by atoms with Gasteiger partial charge in [-0.25, -0.2) is 0 Å². The molecule has 0 radical (unpaired) electrons. The number of rotatable bonds is 6. The molecule has 0 unspecified atom stereocenters. The average Bonchev–Trinajstić information content (AvgIpc) is 2.84. The zero-order chi connectivity index (χ0) is 21.6. The van der Waals surface area contributed by atoms with E-state index in [1.54, 1.807) is 26.4 Å². The van der Waals surface area contributed by atoms with Crippen molar-refractivity contribution < 1.29 is 14.3 Å². The minimum atomic E-state index is -0.0408. The molecular formula is C24H26N4O3. The van der Waals surface area contributed by atoms with E-state index in [-0.39, 0.29) is 11.8 Å². The van der Waals surface area contributed by atoms with Gasteiger partial charge in [-0.05, 0) is 37.1 Å². The first-order valence-electron chi connectivity index (χ1n) is 10.3. The van der Waals surface area contributed by atoms with Gasteiger partial charge in [0.15, 0.2) is 17.3 Å². The monoisotopic (exact) mass is 418 g/mol. The number of hydrogen-bond donors (Lipinski definition) is 1. The maximum absolute atomic E-state index is 12.7. The van der Waals surface area contributed by atoms with Crippen LogP contribution >= 0.6 is 0 Å². The molecule has 7 nitrogen and oxygen atoms in total. The molecule has 3 aromatic rings. The summed E-state index contributed by atoms with van der Waals surface area (Å²) in [6.07, 6.45) is 1.53. The summed E-state index contributed by atoms with van der Waals surface area (Å²) in [4.78, 5) is 14.9. The largest absolute Gasteiger partial charge is 0.493 e. The fourth-order valence-electron chi connectivity index (χ4n) is 3.79. The molecule has 0 atom stereocenters. The number of hydrogen-bond acceptors (Lipinski definition) is 6. The molecule has 0 aliphatic carbocycles. The number of benzene rings is 2. The van der Waals surface area contributed by atoms with Crippen LogP contribution in [0.25, 0.3) is 11.3 Å². The molecule has 2 aromatic carbocycles. The predicted molar refractivity (Wildman–Crippen MR) is 121 cm³/mol. The van der Waals surface area contributed by atoms with E-state index in [0.29, 0.717) is 17.2 Å². The second-order valence-electron chi connectivity index (χ2n) is 7.46. The summed E-state index contributed by atoms with van der Waals surface area (Å²) in [5.41, 5.74) is 2.60. The van der Waals surface area contributed by atoms with Crippen molar-refractivity contribution in [2.75, 3.05) is 37.5 Å². The first kappa shape index (κ1) is 20.7. The smallest absolute Gasteiger partial charge is 0.227 e. The highest BCUT2D eigenvalue weighted by atomic mass is 16.5. The maximum Gasteiger partial charge on any atom is 0.227 e. The third kappa shape index (κ3) is 4.77. The molecule has 1 saturated heterocycles. The standard InChI is InChI=1S/C24H26N4O3/c1-30-21-10-8-19(16-22(21)31-2)25-24(29)18-12-14-28(15-13-18)23-11-9-20(26-27-23)17-6-4-3-5-7-17/h3-11,16,18H,12-15H2,1-2H3,(H,25,29). The fraction of sp³-hybridized carbons (Fsp3) is 0.292. The average molecular weight is 418 g/mol. The van der Waals surface area contributed by atoms with Crippen molar-refractivity contribution in [3.8, 4) is 22.8 Å². The maximum atomic E-state index is 12.7. The molecule has 1 aliphatic heterocycles. The Balaban J connectivity index is 1.33. The molecule has 1 N–H and O–H groups in total. The molecule has 1 fully saturated rings. The number of carbonyl (C=O) groups is 1. The Labute approximate surface area is 182 Å². The van der Waals surface area contributed by atoms with Gasteiger partial charge >= 0.3 is 0 Å². The van der Waals surface area contributed by atoms with Crippen LogP contribution in [0.5, 0.6) is 11.5 Å². The van der Waals surface area contributed by atoms with Crippen molar-refractivity contribution >= 4 is 17.4 Å². The van der Waals surface area contributed by atoms with Crippen molar-refractivity contribution in [1.29, 1.82) is 0 Å². The van der Waals surface area contributed by atoms with Gasteiger partial charge in [0.25, 0.3) is 0 Å². The second-order valence-corrected chi connectivity index (χ2v) is 7.46. The topological polar surface area (TPSA) is 76.6 Å². The molecule has 1 aliphatic rings. The zero-order valence-corrected chi connectivity index (χ0v) is 17.7. The van der Waals surface area contributed by atoms with Crippen LogP contribution in [0.3, 0.4) is 0 Å². The van der Waals surface area contributed by atoms with Gasteiger partial charge in [0.2, 0.25) is 5.91 Å². The molecule has 2 heterocycles. The molecule has 7 heteroatoms. The minimum Gasteiger partial charge on any atom is -0.493 e. The van der Waals surface area contributed by atoms with Gasteiger partial charge in [-0.2, -0.15) is 0 Å². The lowest BCUT2D eigenvalue weighted by Crippen LogP contribution is -2.38. The van der Waals surface area contributed by atoms with Crippen LogP contribution in [-0.2, 0) is 4.79 Å². The summed E-state index contributed by atoms with van der Waals surface area (Å²) in [7, 11) is 3.16. The lowest BCUT2D eigenvalue weighted by atomic mass is 9.95. The molecular weight excluding hydrogens is 392 g/mol. The van der Waals surface area contributed by atoms with Gasteiger partial charge in [0.05, 0.1) is 19.9 Å². The third-order valence-corrected chi connectivity index (χ3v) is 5.56. The Bertz CT molecular complexity index is 1020. The van der Waals surface area contributed by atoms with Gasteiger partial charge in [0, 0.05) is 36.3 Å². The van der Waals surface area contributed by atoms with E-state index in [1.165, 1.54) is 0 Å². The van der Waals surface area contributed by atoms with Crippen LogP contribution in [0.4, 0.5) is 11.5 Å². The third-order valence-electron chi connectivity index (χ3n) is 5.56. The number of nitrogens with zero attached hydrogens (tertiary/aromatic N) is 3. The zero-order valence-electron chi connectivity index (χ0n) is 17.7. The summed E-state index contributed by atoms with van der Waals surface area (Å²) in [6, 6.07) is 19.4. The van der Waals surface area contributed by atoms with Gasteiger partial charge in [-0.15, -0.1) is 10.2 Å². The Morgan fingerprint density at radius 2 is 1.68 bits per heavy atom. The molecule has 0 spiro atoms. The summed E-state index contributed by atoms with van der Waals surface area (Å²) in [6.45, 7) is 1.53. The summed E-state index contributed by atoms with van der Waals surface area (Å²) in [5.74, 6) is 2.05. The fourth-order valence-corrected chi connectivity index (χ4v) is 3.79. The van der Waals surface area contributed by atoms with E-state index >= 15 is 0 Å². The minimum absolute atomic E-state index is 0.0254. The number of carbonyl (C=O) groups excluding carboxylic acids is 1. The first-order chi connectivity index (χ1) is 15.2. The number of amides is 1. The summed E-state index contributed by atoms with van der Waals surface area (Å²) in [5, 5.41) is 11.8. The van der Waals surface area contributed by atoms with Crippen molar-refractivity contribution in [2.24, 2.45) is 5.92 Å². The Hall–Kier alpha value is -3.61. The van der Waals surface area contributed by atoms with Crippen molar-refractivity contribution in [2.45, 2.75) is 12.8 Å². The Kier molecular flexibility index (Phi) is 6.31. The van der Waals surface area contributed by atoms with Crippen molar-refractivity contribution in [3.05, 3.63) is 60.7 Å². The number of piperidine rings is 1. The summed E-state index contributed by atoms with van der Waals surface area (Å²) < 4.78 is 10.6. The quantitative estimate of drug-likeness (QED) is 0.652. The molecule has 4 rings (SSSR count). The van der Waals surface area contributed by atoms with Crippen LogP contribution in [-0.4, -0.2) is 43.4 Å². The van der Waals surface area contributed by atoms with Crippen LogP contribution in [0.2, 0.25) is 0 Å². The van der Waals surface area contributed by atoms with Gasteiger partial charge < -0.3 is 19.7 Å². The van der Waals surface area contributed by atoms with E-state index in [1.807, 2.05) is 48.5 Å². The van der Waals surface area contributed by atoms with Crippen molar-refractivity contribution in [3.63, 3.8) is 0 Å². The van der Waals surface area contributed by atoms with E-state index in [9.17, 15) is 4.79 Å². The van der Waals surface area contributed by atoms with E-state index < -0.39 is 0 Å². The lowest BCUT2D eigenvalue weighted by molar-refractivity contribution is -0.120. The second kappa shape index (κ2) is 9.47. The molecule has 0 bridgehead atoms. The van der Waals surface area contributed by atoms with Gasteiger partial charge in [0.1, 0.15) is 0 Å². The SMILES string of the molecule is COc1ccc(NC(=O)C2CCN(c3ccc(-c4ccccc4)nn3)CC2)cc1OC. The van der Waals surface area contributed by atoms with Crippen LogP contribution < -0.4 is 19.7 Å². The van der Waals surface area contributed by atoms with E-state index in [4.69, 9.17) is 9.47 Å². The highest BCUT2D eigenvalue weighted by Crippen LogP contribution is 2.30. The normalized spacial score (nSPS) is 14.2. The predicted octanol–water partition coefficient (Wildman–Crippen LogP) is 4.02. The summed E-state index contributed by atoms with van der Waals surface area (Å²) >= 11 is 0. The molecule has 31 heavy (non-hydrogen) atoms. The molecule has 0 saturated carbocycles. The van der Waals surface area contributed by atoms with Crippen molar-refractivity contribution in [1.82, 2.24) is 10.2 Å². The van der Waals surface area contributed by atoms with Gasteiger partial charge in [-0.1, -0.05) is 30.3 Å². The molecule has 1 amide bonds. The number of methoxy groups -OCH3 is 2. The number of aromatic nitrogens is 2.